The van der Waals surface area contributed by atoms with Crippen LogP contribution in [0.4, 0.5) is 9.93 Å². The van der Waals surface area contributed by atoms with Crippen LogP contribution in [0.3, 0.4) is 0 Å². The number of aliphatic carboxylic acids is 1. The van der Waals surface area contributed by atoms with Gasteiger partial charge in [-0.15, -0.1) is 11.3 Å². The minimum atomic E-state index is -0.811. The first-order valence-electron chi connectivity index (χ1n) is 9.96. The first kappa shape index (κ1) is 20.1. The first-order valence-corrected chi connectivity index (χ1v) is 10.8. The molecule has 1 saturated heterocycles. The number of hydrogen-bond acceptors (Lipinski definition) is 5. The number of likely N-dealkylation sites (tertiary alicyclic amines) is 1. The summed E-state index contributed by atoms with van der Waals surface area (Å²) in [5.41, 5.74) is 0. The summed E-state index contributed by atoms with van der Waals surface area (Å²) in [6.45, 7) is 1.38. The van der Waals surface area contributed by atoms with Gasteiger partial charge in [0.2, 0.25) is 0 Å². The van der Waals surface area contributed by atoms with Crippen molar-refractivity contribution in [2.45, 2.75) is 63.3 Å². The van der Waals surface area contributed by atoms with Crippen molar-refractivity contribution >= 4 is 28.5 Å². The molecule has 3 rings (SSSR count). The molecule has 1 aromatic rings. The standard InChI is InChI=1S/C19H30N4O3S/c1-22(13-17(24)25)15-8-5-10-23(11-9-15)19(26)21-18-20-12-16(27-18)14-6-3-2-4-7-14/h12,14-15H,2-11,13H2,1H3,(H,24,25)(H,20,21,26). The third kappa shape index (κ3) is 5.65. The highest BCUT2D eigenvalue weighted by Gasteiger charge is 2.25. The third-order valence-electron chi connectivity index (χ3n) is 5.74. The van der Waals surface area contributed by atoms with Gasteiger partial charge in [-0.3, -0.25) is 15.0 Å². The number of anilines is 1. The normalized spacial score (nSPS) is 21.9. The topological polar surface area (TPSA) is 85.8 Å². The maximum absolute atomic E-state index is 12.6. The van der Waals surface area contributed by atoms with Crippen molar-refractivity contribution in [2.24, 2.45) is 0 Å². The van der Waals surface area contributed by atoms with Crippen LogP contribution in [0.15, 0.2) is 6.20 Å². The molecule has 1 atom stereocenters. The number of thiazole rings is 1. The average molecular weight is 395 g/mol. The van der Waals surface area contributed by atoms with Crippen molar-refractivity contribution in [3.8, 4) is 0 Å². The van der Waals surface area contributed by atoms with Crippen LogP contribution in [0.1, 0.15) is 62.2 Å². The fraction of sp³-hybridized carbons (Fsp3) is 0.737. The Morgan fingerprint density at radius 1 is 1.22 bits per heavy atom. The van der Waals surface area contributed by atoms with E-state index in [2.05, 4.69) is 10.3 Å². The van der Waals surface area contributed by atoms with Crippen LogP contribution < -0.4 is 5.32 Å². The second-order valence-electron chi connectivity index (χ2n) is 7.71. The number of carbonyl (C=O) groups is 2. The fourth-order valence-corrected chi connectivity index (χ4v) is 5.13. The summed E-state index contributed by atoms with van der Waals surface area (Å²) >= 11 is 1.61. The Morgan fingerprint density at radius 2 is 2.00 bits per heavy atom. The molecule has 1 aromatic heterocycles. The van der Waals surface area contributed by atoms with Crippen LogP contribution in [-0.4, -0.2) is 64.6 Å². The lowest BCUT2D eigenvalue weighted by Gasteiger charge is -2.25. The molecule has 150 valence electrons. The van der Waals surface area contributed by atoms with E-state index in [1.165, 1.54) is 37.0 Å². The summed E-state index contributed by atoms with van der Waals surface area (Å²) in [5.74, 6) is -0.209. The zero-order valence-corrected chi connectivity index (χ0v) is 16.8. The quantitative estimate of drug-likeness (QED) is 0.797. The van der Waals surface area contributed by atoms with Crippen molar-refractivity contribution in [1.29, 1.82) is 0 Å². The minimum Gasteiger partial charge on any atom is -0.480 e. The molecule has 0 aromatic carbocycles. The summed E-state index contributed by atoms with van der Waals surface area (Å²) < 4.78 is 0. The highest BCUT2D eigenvalue weighted by atomic mass is 32.1. The fourth-order valence-electron chi connectivity index (χ4n) is 4.16. The van der Waals surface area contributed by atoms with Crippen LogP contribution in [0.25, 0.3) is 0 Å². The van der Waals surface area contributed by atoms with Gasteiger partial charge in [-0.2, -0.15) is 0 Å². The largest absolute Gasteiger partial charge is 0.480 e. The smallest absolute Gasteiger partial charge is 0.323 e. The maximum atomic E-state index is 12.6. The second-order valence-corrected chi connectivity index (χ2v) is 8.78. The SMILES string of the molecule is CN(CC(=O)O)C1CCCN(C(=O)Nc2ncc(C3CCCCC3)s2)CC1. The first-order chi connectivity index (χ1) is 13.0. The lowest BCUT2D eigenvalue weighted by Crippen LogP contribution is -2.38. The molecule has 2 fully saturated rings. The van der Waals surface area contributed by atoms with Gasteiger partial charge in [-0.1, -0.05) is 19.3 Å². The Labute approximate surface area is 164 Å². The lowest BCUT2D eigenvalue weighted by molar-refractivity contribution is -0.138. The number of likely N-dealkylation sites (N-methyl/N-ethyl adjacent to an activating group) is 1. The lowest BCUT2D eigenvalue weighted by atomic mass is 9.89. The molecule has 0 bridgehead atoms. The summed E-state index contributed by atoms with van der Waals surface area (Å²) in [7, 11) is 1.84. The molecule has 1 unspecified atom stereocenters. The van der Waals surface area contributed by atoms with Gasteiger partial charge in [0.1, 0.15) is 0 Å². The number of aromatic nitrogens is 1. The molecule has 0 radical (unpaired) electrons. The van der Waals surface area contributed by atoms with E-state index in [1.807, 2.05) is 23.0 Å². The number of hydrogen-bond donors (Lipinski definition) is 2. The average Bonchev–Trinajstić information content (AvgIpc) is 2.96. The molecule has 1 saturated carbocycles. The Morgan fingerprint density at radius 3 is 2.74 bits per heavy atom. The van der Waals surface area contributed by atoms with E-state index in [4.69, 9.17) is 5.11 Å². The number of nitrogens with one attached hydrogen (secondary N) is 1. The number of carboxylic acid groups (broad SMARTS) is 1. The Bertz CT molecular complexity index is 645. The molecule has 8 heteroatoms. The summed E-state index contributed by atoms with van der Waals surface area (Å²) in [5, 5.41) is 12.6. The number of rotatable bonds is 5. The van der Waals surface area contributed by atoms with Gasteiger partial charge < -0.3 is 10.0 Å². The minimum absolute atomic E-state index is 0.0416. The number of amides is 2. The highest BCUT2D eigenvalue weighted by molar-refractivity contribution is 7.15. The molecule has 2 N–H and O–H groups in total. The Hall–Kier alpha value is -1.67. The molecule has 2 aliphatic rings. The van der Waals surface area contributed by atoms with Crippen LogP contribution in [0, 0.1) is 0 Å². The monoisotopic (exact) mass is 394 g/mol. The van der Waals surface area contributed by atoms with Crippen molar-refractivity contribution in [1.82, 2.24) is 14.8 Å². The van der Waals surface area contributed by atoms with Crippen molar-refractivity contribution in [3.63, 3.8) is 0 Å². The molecule has 2 amide bonds. The second kappa shape index (κ2) is 9.50. The van der Waals surface area contributed by atoms with E-state index in [0.29, 0.717) is 24.1 Å². The van der Waals surface area contributed by atoms with Gasteiger partial charge in [-0.25, -0.2) is 9.78 Å². The molecule has 27 heavy (non-hydrogen) atoms. The molecule has 2 heterocycles. The highest BCUT2D eigenvalue weighted by Crippen LogP contribution is 2.36. The Balaban J connectivity index is 1.51. The van der Waals surface area contributed by atoms with Gasteiger partial charge in [0.05, 0.1) is 6.54 Å². The van der Waals surface area contributed by atoms with E-state index in [-0.39, 0.29) is 18.6 Å². The van der Waals surface area contributed by atoms with E-state index in [9.17, 15) is 9.59 Å². The van der Waals surface area contributed by atoms with Gasteiger partial charge >= 0.3 is 12.0 Å². The van der Waals surface area contributed by atoms with Gasteiger partial charge in [0, 0.05) is 30.2 Å². The summed E-state index contributed by atoms with van der Waals surface area (Å²) in [6.07, 6.45) is 10.9. The third-order valence-corrected chi connectivity index (χ3v) is 6.81. The zero-order chi connectivity index (χ0) is 19.2. The van der Waals surface area contributed by atoms with E-state index in [0.717, 1.165) is 19.3 Å². The molecular weight excluding hydrogens is 364 g/mol. The van der Waals surface area contributed by atoms with E-state index < -0.39 is 5.97 Å². The predicted molar refractivity (Wildman–Crippen MR) is 106 cm³/mol. The van der Waals surface area contributed by atoms with Crippen LogP contribution in [-0.2, 0) is 4.79 Å². The number of carboxylic acids is 1. The van der Waals surface area contributed by atoms with Crippen molar-refractivity contribution in [3.05, 3.63) is 11.1 Å². The van der Waals surface area contributed by atoms with Crippen molar-refractivity contribution in [2.75, 3.05) is 32.0 Å². The van der Waals surface area contributed by atoms with Crippen LogP contribution in [0.5, 0.6) is 0 Å². The molecule has 1 aliphatic carbocycles. The predicted octanol–water partition coefficient (Wildman–Crippen LogP) is 3.59. The summed E-state index contributed by atoms with van der Waals surface area (Å²) in [6, 6.07) is 0.109. The number of urea groups is 1. The van der Waals surface area contributed by atoms with Gasteiger partial charge in [-0.05, 0) is 45.1 Å². The molecule has 0 spiro atoms. The molecular formula is C19H30N4O3S. The Kier molecular flexibility index (Phi) is 7.07. The summed E-state index contributed by atoms with van der Waals surface area (Å²) in [4.78, 5) is 32.9. The van der Waals surface area contributed by atoms with Gasteiger partial charge in [0.25, 0.3) is 0 Å². The maximum Gasteiger partial charge on any atom is 0.323 e. The van der Waals surface area contributed by atoms with Crippen molar-refractivity contribution < 1.29 is 14.7 Å². The zero-order valence-electron chi connectivity index (χ0n) is 16.0. The molecule has 7 nitrogen and oxygen atoms in total. The van der Waals surface area contributed by atoms with Crippen LogP contribution >= 0.6 is 11.3 Å². The number of carbonyl (C=O) groups excluding carboxylic acids is 1. The molecule has 1 aliphatic heterocycles. The number of nitrogens with zero attached hydrogens (tertiary/aromatic N) is 3. The van der Waals surface area contributed by atoms with Crippen LogP contribution in [0.2, 0.25) is 0 Å². The van der Waals surface area contributed by atoms with Gasteiger partial charge in [0.15, 0.2) is 5.13 Å². The van der Waals surface area contributed by atoms with E-state index in [1.54, 1.807) is 11.3 Å². The van der Waals surface area contributed by atoms with E-state index >= 15 is 0 Å².